The van der Waals surface area contributed by atoms with Gasteiger partial charge in [-0.3, -0.25) is 0 Å². The summed E-state index contributed by atoms with van der Waals surface area (Å²) in [5.74, 6) is 0. The molecule has 4 rings (SSSR count). The maximum absolute atomic E-state index is 7.07. The highest BCUT2D eigenvalue weighted by Crippen LogP contribution is 2.57. The Morgan fingerprint density at radius 3 is 0.967 bits per heavy atom. The van der Waals surface area contributed by atoms with Gasteiger partial charge < -0.3 is 25.6 Å². The molecule has 0 aromatic rings. The van der Waals surface area contributed by atoms with Gasteiger partial charge >= 0.3 is 26.4 Å². The van der Waals surface area contributed by atoms with Gasteiger partial charge in [0.2, 0.25) is 0 Å². The molecular weight excluding hydrogens is 432 g/mol. The first-order valence-corrected chi connectivity index (χ1v) is 18.0. The van der Waals surface area contributed by atoms with Gasteiger partial charge in [-0.25, -0.2) is 0 Å². The summed E-state index contributed by atoms with van der Waals surface area (Å²) in [4.78, 5) is 0. The Balaban J connectivity index is 1.73. The van der Waals surface area contributed by atoms with E-state index in [9.17, 15) is 0 Å². The third-order valence-corrected chi connectivity index (χ3v) is 20.6. The summed E-state index contributed by atoms with van der Waals surface area (Å²) in [5.41, 5.74) is 1.17. The van der Waals surface area contributed by atoms with Crippen LogP contribution in [0, 0.1) is 0 Å². The Morgan fingerprint density at radius 1 is 0.533 bits per heavy atom. The highest BCUT2D eigenvalue weighted by atomic mass is 28.5. The van der Waals surface area contributed by atoms with Crippen LogP contribution < -0.4 is 0 Å². The fraction of sp³-hybridized carbons (Fsp3) is 1.00. The van der Waals surface area contributed by atoms with Crippen LogP contribution in [-0.2, 0) is 25.6 Å². The van der Waals surface area contributed by atoms with Gasteiger partial charge in [-0.2, -0.15) is 0 Å². The molecule has 9 heteroatoms. The SMILES string of the molecule is CCCO[Si]1(C2CCC2)O[Si](OCCC)(C2CCC2)O[Si](OCCC)(C2CCC2)O1. The lowest BCUT2D eigenvalue weighted by Gasteiger charge is -2.58. The van der Waals surface area contributed by atoms with Crippen LogP contribution in [0.5, 0.6) is 0 Å². The molecule has 0 unspecified atom stereocenters. The smallest absolute Gasteiger partial charge is 0.374 e. The second-order valence-electron chi connectivity index (χ2n) is 9.55. The minimum Gasteiger partial charge on any atom is -0.374 e. The lowest BCUT2D eigenvalue weighted by molar-refractivity contribution is -0.0148. The van der Waals surface area contributed by atoms with Crippen molar-refractivity contribution in [3.63, 3.8) is 0 Å². The molecule has 174 valence electrons. The molecule has 3 aliphatic carbocycles. The highest BCUT2D eigenvalue weighted by molar-refractivity contribution is 6.90. The molecule has 4 aliphatic rings. The Labute approximate surface area is 186 Å². The standard InChI is InChI=1S/C21H42O6Si3/c1-4-16-22-28(19-10-7-11-19)25-29(23-17-5-2,20-12-8-13-20)27-30(26-28,24-18-6-3)21-14-9-15-21/h19-21H,4-18H2,1-3H3. The molecule has 0 radical (unpaired) electrons. The van der Waals surface area contributed by atoms with E-state index in [1.165, 1.54) is 19.3 Å². The highest BCUT2D eigenvalue weighted by Gasteiger charge is 2.75. The fourth-order valence-corrected chi connectivity index (χ4v) is 22.0. The zero-order chi connectivity index (χ0) is 21.1. The molecule has 0 amide bonds. The molecular formula is C21H42O6Si3. The molecule has 30 heavy (non-hydrogen) atoms. The average Bonchev–Trinajstić information content (AvgIpc) is 2.58. The van der Waals surface area contributed by atoms with Crippen LogP contribution in [0.4, 0.5) is 0 Å². The third kappa shape index (κ3) is 4.43. The van der Waals surface area contributed by atoms with Crippen LogP contribution in [-0.4, -0.2) is 46.2 Å². The van der Waals surface area contributed by atoms with Gasteiger partial charge in [0.15, 0.2) is 0 Å². The first-order valence-electron chi connectivity index (χ1n) is 12.6. The van der Waals surface area contributed by atoms with E-state index in [4.69, 9.17) is 25.6 Å². The van der Waals surface area contributed by atoms with Gasteiger partial charge in [-0.1, -0.05) is 40.0 Å². The van der Waals surface area contributed by atoms with Crippen molar-refractivity contribution in [3.8, 4) is 0 Å². The first-order chi connectivity index (χ1) is 14.6. The lowest BCUT2D eigenvalue weighted by atomic mass is 10.00. The van der Waals surface area contributed by atoms with E-state index in [-0.39, 0.29) is 0 Å². The van der Waals surface area contributed by atoms with Gasteiger partial charge in [0.1, 0.15) is 0 Å². The predicted molar refractivity (Wildman–Crippen MR) is 122 cm³/mol. The van der Waals surface area contributed by atoms with Crippen molar-refractivity contribution in [2.45, 2.75) is 114 Å². The van der Waals surface area contributed by atoms with Crippen LogP contribution in [0.25, 0.3) is 0 Å². The zero-order valence-electron chi connectivity index (χ0n) is 19.3. The second kappa shape index (κ2) is 10.1. The maximum atomic E-state index is 7.07. The van der Waals surface area contributed by atoms with E-state index < -0.39 is 26.4 Å². The molecule has 0 N–H and O–H groups in total. The summed E-state index contributed by atoms with van der Waals surface area (Å²) < 4.78 is 41.2. The topological polar surface area (TPSA) is 55.4 Å². The van der Waals surface area contributed by atoms with Gasteiger partial charge in [0.05, 0.1) is 0 Å². The third-order valence-electron chi connectivity index (χ3n) is 7.19. The number of hydrogen-bond donors (Lipinski definition) is 0. The monoisotopic (exact) mass is 474 g/mol. The van der Waals surface area contributed by atoms with E-state index in [0.717, 1.165) is 57.8 Å². The summed E-state index contributed by atoms with van der Waals surface area (Å²) in [6.45, 7) is 8.56. The molecule has 3 saturated carbocycles. The number of rotatable bonds is 12. The van der Waals surface area contributed by atoms with Gasteiger partial charge in [-0.05, 0) is 57.8 Å². The Bertz CT molecular complexity index is 471. The largest absolute Gasteiger partial charge is 0.489 e. The van der Waals surface area contributed by atoms with Crippen molar-refractivity contribution >= 4 is 26.4 Å². The molecule has 1 aliphatic heterocycles. The molecule has 0 aromatic carbocycles. The minimum atomic E-state index is -2.93. The van der Waals surface area contributed by atoms with Crippen molar-refractivity contribution in [1.82, 2.24) is 0 Å². The van der Waals surface area contributed by atoms with E-state index in [1.807, 2.05) is 0 Å². The van der Waals surface area contributed by atoms with E-state index >= 15 is 0 Å². The first kappa shape index (κ1) is 23.6. The Kier molecular flexibility index (Phi) is 7.96. The average molecular weight is 475 g/mol. The quantitative estimate of drug-likeness (QED) is 0.333. The number of hydrogen-bond acceptors (Lipinski definition) is 6. The Morgan fingerprint density at radius 2 is 0.800 bits per heavy atom. The van der Waals surface area contributed by atoms with Crippen LogP contribution in [0.1, 0.15) is 97.8 Å². The summed E-state index contributed by atoms with van der Waals surface area (Å²) in [6.07, 6.45) is 13.5. The van der Waals surface area contributed by atoms with Gasteiger partial charge in [0, 0.05) is 36.4 Å². The van der Waals surface area contributed by atoms with Crippen molar-refractivity contribution in [2.75, 3.05) is 19.8 Å². The van der Waals surface area contributed by atoms with Crippen LogP contribution in [0.3, 0.4) is 0 Å². The molecule has 4 fully saturated rings. The fourth-order valence-electron chi connectivity index (χ4n) is 4.71. The second-order valence-corrected chi connectivity index (χ2v) is 18.9. The molecule has 0 bridgehead atoms. The molecule has 0 atom stereocenters. The molecule has 1 saturated heterocycles. The van der Waals surface area contributed by atoms with E-state index in [1.54, 1.807) is 0 Å². The van der Waals surface area contributed by atoms with Crippen molar-refractivity contribution < 1.29 is 25.6 Å². The zero-order valence-corrected chi connectivity index (χ0v) is 22.3. The minimum absolute atomic E-state index is 0.391. The lowest BCUT2D eigenvalue weighted by Crippen LogP contribution is -2.78. The summed E-state index contributed by atoms with van der Waals surface area (Å²) in [6, 6.07) is 0. The predicted octanol–water partition coefficient (Wildman–Crippen LogP) is 5.81. The summed E-state index contributed by atoms with van der Waals surface area (Å²) >= 11 is 0. The normalized spacial score (nSPS) is 38.1. The van der Waals surface area contributed by atoms with Crippen molar-refractivity contribution in [2.24, 2.45) is 0 Å². The van der Waals surface area contributed by atoms with Crippen LogP contribution >= 0.6 is 0 Å². The summed E-state index contributed by atoms with van der Waals surface area (Å²) in [5, 5.41) is 0. The Hall–Kier alpha value is 0.411. The van der Waals surface area contributed by atoms with Gasteiger partial charge in [0.25, 0.3) is 0 Å². The molecule has 6 nitrogen and oxygen atoms in total. The summed E-state index contributed by atoms with van der Waals surface area (Å²) in [7, 11) is -8.80. The van der Waals surface area contributed by atoms with E-state index in [0.29, 0.717) is 36.4 Å². The van der Waals surface area contributed by atoms with Crippen LogP contribution in [0.15, 0.2) is 0 Å². The maximum Gasteiger partial charge on any atom is 0.489 e. The van der Waals surface area contributed by atoms with Gasteiger partial charge in [-0.15, -0.1) is 0 Å². The van der Waals surface area contributed by atoms with E-state index in [2.05, 4.69) is 20.8 Å². The van der Waals surface area contributed by atoms with Crippen molar-refractivity contribution in [1.29, 1.82) is 0 Å². The molecule has 0 aromatic heterocycles. The molecule has 0 spiro atoms. The van der Waals surface area contributed by atoms with Crippen molar-refractivity contribution in [3.05, 3.63) is 0 Å². The molecule has 1 heterocycles. The van der Waals surface area contributed by atoms with Crippen LogP contribution in [0.2, 0.25) is 16.6 Å².